The van der Waals surface area contributed by atoms with Crippen molar-refractivity contribution in [1.29, 1.82) is 0 Å². The first-order valence-corrected chi connectivity index (χ1v) is 6.05. The quantitative estimate of drug-likeness (QED) is 0.789. The van der Waals surface area contributed by atoms with Crippen LogP contribution in [0.5, 0.6) is 0 Å². The van der Waals surface area contributed by atoms with Gasteiger partial charge in [0.1, 0.15) is 11.3 Å². The van der Waals surface area contributed by atoms with Gasteiger partial charge in [-0.3, -0.25) is 9.59 Å². The molecule has 2 aromatic rings. The van der Waals surface area contributed by atoms with Gasteiger partial charge in [0, 0.05) is 20.5 Å². The lowest BCUT2D eigenvalue weighted by Crippen LogP contribution is -2.27. The number of nitrogens with zero attached hydrogens (tertiary/aromatic N) is 2. The Kier molecular flexibility index (Phi) is 3.64. The summed E-state index contributed by atoms with van der Waals surface area (Å²) in [5.41, 5.74) is 2.47. The van der Waals surface area contributed by atoms with E-state index < -0.39 is 0 Å². The van der Waals surface area contributed by atoms with Crippen LogP contribution in [0.4, 0.5) is 0 Å². The van der Waals surface area contributed by atoms with E-state index in [2.05, 4.69) is 4.98 Å². The lowest BCUT2D eigenvalue weighted by molar-refractivity contribution is -0.134. The van der Waals surface area contributed by atoms with Crippen molar-refractivity contribution in [2.45, 2.75) is 26.8 Å². The molecule has 0 aliphatic heterocycles. The second kappa shape index (κ2) is 5.22. The van der Waals surface area contributed by atoms with Crippen LogP contribution in [0.25, 0.3) is 11.1 Å². The van der Waals surface area contributed by atoms with Crippen LogP contribution in [-0.2, 0) is 16.1 Å². The molecule has 0 saturated heterocycles. The van der Waals surface area contributed by atoms with Gasteiger partial charge in [-0.05, 0) is 24.6 Å². The van der Waals surface area contributed by atoms with Crippen LogP contribution < -0.4 is 0 Å². The minimum Gasteiger partial charge on any atom is -0.441 e. The largest absolute Gasteiger partial charge is 0.441 e. The van der Waals surface area contributed by atoms with Crippen molar-refractivity contribution in [2.75, 3.05) is 7.05 Å². The fourth-order valence-corrected chi connectivity index (χ4v) is 1.90. The van der Waals surface area contributed by atoms with Gasteiger partial charge in [0.25, 0.3) is 0 Å². The van der Waals surface area contributed by atoms with Crippen molar-refractivity contribution in [3.8, 4) is 0 Å². The lowest BCUT2D eigenvalue weighted by Gasteiger charge is -2.16. The number of aromatic nitrogens is 1. The smallest absolute Gasteiger partial charge is 0.230 e. The van der Waals surface area contributed by atoms with Crippen LogP contribution >= 0.6 is 0 Å². The Morgan fingerprint density at radius 2 is 2.11 bits per heavy atom. The summed E-state index contributed by atoms with van der Waals surface area (Å²) in [6.07, 6.45) is -0.0538. The van der Waals surface area contributed by atoms with Gasteiger partial charge in [0.05, 0.1) is 6.42 Å². The van der Waals surface area contributed by atoms with Crippen molar-refractivity contribution in [2.24, 2.45) is 0 Å². The molecule has 19 heavy (non-hydrogen) atoms. The number of ketones is 1. The molecule has 0 unspecified atom stereocenters. The Labute approximate surface area is 111 Å². The summed E-state index contributed by atoms with van der Waals surface area (Å²) in [5, 5.41) is 0. The number of hydrogen-bond donors (Lipinski definition) is 0. The number of rotatable bonds is 4. The van der Waals surface area contributed by atoms with Crippen molar-refractivity contribution >= 4 is 22.8 Å². The maximum atomic E-state index is 11.7. The fraction of sp³-hybridized carbons (Fsp3) is 0.357. The van der Waals surface area contributed by atoms with Crippen molar-refractivity contribution < 1.29 is 14.0 Å². The standard InChI is InChI=1S/C14H16N2O3/c1-9(17)6-14(18)16(3)8-11-4-5-13-12(7-11)15-10(2)19-13/h4-5,7H,6,8H2,1-3H3. The highest BCUT2D eigenvalue weighted by Crippen LogP contribution is 2.17. The number of benzene rings is 1. The molecule has 0 atom stereocenters. The number of oxazole rings is 1. The van der Waals surface area contributed by atoms with Crippen LogP contribution in [0.15, 0.2) is 22.6 Å². The number of hydrogen-bond acceptors (Lipinski definition) is 4. The molecule has 2 rings (SSSR count). The van der Waals surface area contributed by atoms with E-state index in [0.29, 0.717) is 12.4 Å². The molecule has 0 fully saturated rings. The van der Waals surface area contributed by atoms with Crippen LogP contribution in [0.3, 0.4) is 0 Å². The minimum atomic E-state index is -0.177. The maximum Gasteiger partial charge on any atom is 0.230 e. The van der Waals surface area contributed by atoms with Gasteiger partial charge in [-0.15, -0.1) is 0 Å². The number of carbonyl (C=O) groups is 2. The van der Waals surface area contributed by atoms with Crippen LogP contribution in [0.1, 0.15) is 24.8 Å². The third-order valence-corrected chi connectivity index (χ3v) is 2.80. The zero-order valence-corrected chi connectivity index (χ0v) is 11.3. The van der Waals surface area contributed by atoms with Crippen molar-refractivity contribution in [3.05, 3.63) is 29.7 Å². The second-order valence-corrected chi connectivity index (χ2v) is 4.66. The molecule has 1 heterocycles. The van der Waals surface area contributed by atoms with E-state index in [4.69, 9.17) is 4.42 Å². The van der Waals surface area contributed by atoms with Gasteiger partial charge in [-0.2, -0.15) is 0 Å². The predicted octanol–water partition coefficient (Wildman–Crippen LogP) is 2.07. The number of aryl methyl sites for hydroxylation is 1. The van der Waals surface area contributed by atoms with E-state index in [-0.39, 0.29) is 18.1 Å². The van der Waals surface area contributed by atoms with E-state index in [1.165, 1.54) is 11.8 Å². The highest BCUT2D eigenvalue weighted by Gasteiger charge is 2.12. The summed E-state index contributed by atoms with van der Waals surface area (Å²) in [5.74, 6) is 0.316. The van der Waals surface area contributed by atoms with Gasteiger partial charge in [-0.25, -0.2) is 4.98 Å². The summed E-state index contributed by atoms with van der Waals surface area (Å²) in [6, 6.07) is 5.63. The fourth-order valence-electron chi connectivity index (χ4n) is 1.90. The number of carbonyl (C=O) groups excluding carboxylic acids is 2. The van der Waals surface area contributed by atoms with Gasteiger partial charge in [0.15, 0.2) is 11.5 Å². The molecule has 0 spiro atoms. The molecule has 5 heteroatoms. The SMILES string of the molecule is CC(=O)CC(=O)N(C)Cc1ccc2oc(C)nc2c1. The monoisotopic (exact) mass is 260 g/mol. The second-order valence-electron chi connectivity index (χ2n) is 4.66. The lowest BCUT2D eigenvalue weighted by atomic mass is 10.2. The van der Waals surface area contributed by atoms with Gasteiger partial charge >= 0.3 is 0 Å². The van der Waals surface area contributed by atoms with E-state index >= 15 is 0 Å². The first-order valence-electron chi connectivity index (χ1n) is 6.05. The molecule has 1 aromatic carbocycles. The molecule has 0 aliphatic rings. The van der Waals surface area contributed by atoms with Crippen LogP contribution in [0.2, 0.25) is 0 Å². The summed E-state index contributed by atoms with van der Waals surface area (Å²) in [4.78, 5) is 28.4. The molecule has 0 radical (unpaired) electrons. The summed E-state index contributed by atoms with van der Waals surface area (Å²) in [6.45, 7) is 3.66. The molecule has 5 nitrogen and oxygen atoms in total. The van der Waals surface area contributed by atoms with E-state index in [9.17, 15) is 9.59 Å². The Balaban J connectivity index is 2.12. The molecule has 100 valence electrons. The zero-order chi connectivity index (χ0) is 14.0. The number of amides is 1. The molecular formula is C14H16N2O3. The molecule has 0 N–H and O–H groups in total. The third kappa shape index (κ3) is 3.19. The average molecular weight is 260 g/mol. The molecule has 0 aliphatic carbocycles. The third-order valence-electron chi connectivity index (χ3n) is 2.80. The van der Waals surface area contributed by atoms with Gasteiger partial charge < -0.3 is 9.32 Å². The molecule has 0 bridgehead atoms. The van der Waals surface area contributed by atoms with Crippen LogP contribution in [-0.4, -0.2) is 28.6 Å². The Morgan fingerprint density at radius 1 is 1.37 bits per heavy atom. The van der Waals surface area contributed by atoms with E-state index in [1.54, 1.807) is 14.0 Å². The van der Waals surface area contributed by atoms with E-state index in [1.807, 2.05) is 18.2 Å². The number of fused-ring (bicyclic) bond motifs is 1. The van der Waals surface area contributed by atoms with Crippen molar-refractivity contribution in [1.82, 2.24) is 9.88 Å². The summed E-state index contributed by atoms with van der Waals surface area (Å²) >= 11 is 0. The van der Waals surface area contributed by atoms with Crippen LogP contribution in [0, 0.1) is 6.92 Å². The number of Topliss-reactive ketones (excluding diaryl/α,β-unsaturated/α-hetero) is 1. The zero-order valence-electron chi connectivity index (χ0n) is 11.3. The Morgan fingerprint density at radius 3 is 2.79 bits per heavy atom. The maximum absolute atomic E-state index is 11.7. The Bertz CT molecular complexity index is 631. The first kappa shape index (κ1) is 13.3. The molecule has 1 aromatic heterocycles. The molecular weight excluding hydrogens is 244 g/mol. The molecule has 1 amide bonds. The Hall–Kier alpha value is -2.17. The first-order chi connectivity index (χ1) is 8.95. The highest BCUT2D eigenvalue weighted by atomic mass is 16.3. The van der Waals surface area contributed by atoms with Gasteiger partial charge in [0.2, 0.25) is 5.91 Å². The molecule has 0 saturated carbocycles. The minimum absolute atomic E-state index is 0.0538. The highest BCUT2D eigenvalue weighted by molar-refractivity contribution is 5.96. The summed E-state index contributed by atoms with van der Waals surface area (Å²) < 4.78 is 5.39. The van der Waals surface area contributed by atoms with Gasteiger partial charge in [-0.1, -0.05) is 6.07 Å². The topological polar surface area (TPSA) is 63.4 Å². The van der Waals surface area contributed by atoms with E-state index in [0.717, 1.165) is 16.7 Å². The predicted molar refractivity (Wildman–Crippen MR) is 70.5 cm³/mol. The normalized spacial score (nSPS) is 10.7. The van der Waals surface area contributed by atoms with Crippen molar-refractivity contribution in [3.63, 3.8) is 0 Å². The average Bonchev–Trinajstić information content (AvgIpc) is 2.67. The summed E-state index contributed by atoms with van der Waals surface area (Å²) in [7, 11) is 1.68.